The number of nitrogen functional groups attached to an aromatic ring is 1. The quantitative estimate of drug-likeness (QED) is 0.0980. The van der Waals surface area contributed by atoms with Crippen LogP contribution in [0.25, 0.3) is 28.2 Å². The van der Waals surface area contributed by atoms with E-state index in [9.17, 15) is 28.8 Å². The molecule has 0 radical (unpaired) electrons. The number of H-pyrrole nitrogens is 2. The second kappa shape index (κ2) is 10.5. The summed E-state index contributed by atoms with van der Waals surface area (Å²) in [7, 11) is 0. The third-order valence-corrected chi connectivity index (χ3v) is 7.96. The van der Waals surface area contributed by atoms with Gasteiger partial charge in [0.2, 0.25) is 5.95 Å². The Labute approximate surface area is 235 Å². The van der Waals surface area contributed by atoms with Crippen LogP contribution in [0.3, 0.4) is 0 Å². The Kier molecular flexibility index (Phi) is 7.07. The first-order chi connectivity index (χ1) is 20.0. The average molecular weight is 632 g/mol. The van der Waals surface area contributed by atoms with Crippen molar-refractivity contribution in [3.05, 3.63) is 39.2 Å². The van der Waals surface area contributed by atoms with Crippen molar-refractivity contribution in [2.45, 2.75) is 36.8 Å². The zero-order valence-electron chi connectivity index (χ0n) is 20.6. The van der Waals surface area contributed by atoms with E-state index in [1.807, 2.05) is 0 Å². The fourth-order valence-corrected chi connectivity index (χ4v) is 5.84. The van der Waals surface area contributed by atoms with E-state index >= 15 is 4.39 Å². The molecule has 1 saturated heterocycles. The molecule has 2 aliphatic heterocycles. The van der Waals surface area contributed by atoms with E-state index in [0.717, 1.165) is 21.9 Å². The van der Waals surface area contributed by atoms with E-state index in [4.69, 9.17) is 24.3 Å². The maximum Gasteiger partial charge on any atom is 0.386 e. The molecule has 4 aromatic heterocycles. The topological polar surface area (TPSA) is 260 Å². The van der Waals surface area contributed by atoms with Crippen LogP contribution in [0.5, 0.6) is 0 Å². The molecule has 19 nitrogen and oxygen atoms in total. The number of nitrogens with one attached hydrogen (secondary N) is 2. The minimum absolute atomic E-state index is 0.121. The van der Waals surface area contributed by atoms with E-state index in [0.29, 0.717) is 0 Å². The van der Waals surface area contributed by atoms with Crippen LogP contribution in [0.15, 0.2) is 28.1 Å². The van der Waals surface area contributed by atoms with Gasteiger partial charge in [-0.05, 0) is 0 Å². The van der Waals surface area contributed by atoms with Crippen LogP contribution in [-0.4, -0.2) is 98.5 Å². The maximum absolute atomic E-state index is 15.3. The Morgan fingerprint density at radius 2 is 2.00 bits per heavy atom. The second-order valence-electron chi connectivity index (χ2n) is 8.96. The summed E-state index contributed by atoms with van der Waals surface area (Å²) >= 11 is 3.86. The van der Waals surface area contributed by atoms with E-state index < -0.39 is 79.7 Å². The first-order valence-corrected chi connectivity index (χ1v) is 14.5. The van der Waals surface area contributed by atoms with Gasteiger partial charge in [0.15, 0.2) is 46.7 Å². The third-order valence-electron chi connectivity index (χ3n) is 6.34. The molecule has 0 aromatic carbocycles. The molecular weight excluding hydrogens is 613 g/mol. The molecule has 0 amide bonds. The number of aromatic nitrogens is 9. The number of ether oxygens (including phenoxy) is 2. The molecule has 1 fully saturated rings. The molecule has 0 saturated carbocycles. The molecular formula is C19H19F2N10O9PS. The van der Waals surface area contributed by atoms with E-state index in [2.05, 4.69) is 47.5 Å². The Balaban J connectivity index is 1.19. The Morgan fingerprint density at radius 3 is 2.76 bits per heavy atom. The summed E-state index contributed by atoms with van der Waals surface area (Å²) in [6.45, 7) is -6.13. The number of aliphatic hydroxyl groups excluding tert-OH is 2. The number of nitrogens with zero attached hydrogens (tertiary/aromatic N) is 7. The van der Waals surface area contributed by atoms with Crippen LogP contribution >= 0.6 is 19.0 Å². The highest BCUT2D eigenvalue weighted by molar-refractivity contribution is 8.44. The molecule has 0 unspecified atom stereocenters. The highest BCUT2D eigenvalue weighted by atomic mass is 32.7. The summed E-state index contributed by atoms with van der Waals surface area (Å²) in [5.41, 5.74) is 3.56. The van der Waals surface area contributed by atoms with Gasteiger partial charge in [-0.15, -0.1) is 5.10 Å². The standard InChI is InChI=1S/C19H19F2N10O9PS/c20-7-5(1-32)38-18(30-4-25-9-14(30)26-19(22)27-16(9)35)12(7)40-41(36,42)37-2-6-11(33)8(21)17(39-6)31-13-10(28-29-31)15(34)24-3-23-13/h3-7,11-12,18,32-33H,1-2H2,(H,36,42)(H,23,24,34)(H3,22,26,27,35)/t5-,6-,7+,11-,12-,18-,41-/m1/s1. The molecule has 224 valence electrons. The van der Waals surface area contributed by atoms with Crippen molar-refractivity contribution in [2.75, 3.05) is 18.9 Å². The number of anilines is 1. The van der Waals surface area contributed by atoms with Crippen LogP contribution in [0.1, 0.15) is 6.23 Å². The number of alkyl halides is 1. The lowest BCUT2D eigenvalue weighted by molar-refractivity contribution is -0.0476. The number of hydrogen-bond donors (Lipinski definition) is 6. The monoisotopic (exact) mass is 632 g/mol. The van der Waals surface area contributed by atoms with Crippen molar-refractivity contribution in [3.63, 3.8) is 0 Å². The van der Waals surface area contributed by atoms with Gasteiger partial charge in [0.05, 0.1) is 25.9 Å². The van der Waals surface area contributed by atoms with Crippen molar-refractivity contribution in [3.8, 4) is 0 Å². The zero-order valence-corrected chi connectivity index (χ0v) is 22.4. The lowest BCUT2D eigenvalue weighted by atomic mass is 10.1. The van der Waals surface area contributed by atoms with Crippen LogP contribution < -0.4 is 16.9 Å². The highest BCUT2D eigenvalue weighted by Crippen LogP contribution is 2.57. The zero-order chi connectivity index (χ0) is 29.9. The van der Waals surface area contributed by atoms with Crippen LogP contribution in [0.2, 0.25) is 0 Å². The first kappa shape index (κ1) is 28.3. The molecule has 0 spiro atoms. The van der Waals surface area contributed by atoms with Gasteiger partial charge >= 0.3 is 6.80 Å². The van der Waals surface area contributed by atoms with Crippen molar-refractivity contribution in [2.24, 2.45) is 0 Å². The smallest absolute Gasteiger partial charge is 0.386 e. The van der Waals surface area contributed by atoms with Gasteiger partial charge in [-0.25, -0.2) is 23.3 Å². The second-order valence-corrected chi connectivity index (χ2v) is 11.8. The van der Waals surface area contributed by atoms with Crippen molar-refractivity contribution >= 4 is 53.2 Å². The van der Waals surface area contributed by atoms with Gasteiger partial charge in [-0.3, -0.25) is 28.2 Å². The number of thiol groups is 1. The molecule has 6 heterocycles. The predicted molar refractivity (Wildman–Crippen MR) is 137 cm³/mol. The number of nitrogens with two attached hydrogens (primary N) is 1. The Hall–Kier alpha value is -3.79. The SMILES string of the molecule is Nc1nc2c(ncn2[C@@H]2O[C@H](CO)[C@H](F)[C@H]2O[P@](=O)(S)OC[C@H]2OC(n3nnc4c(=O)[nH]cnc43)=C(F)[C@@H]2O)c(=O)[nH]1. The van der Waals surface area contributed by atoms with Gasteiger partial charge in [-0.1, -0.05) is 17.5 Å². The van der Waals surface area contributed by atoms with Crippen molar-refractivity contribution < 1.29 is 42.1 Å². The minimum Gasteiger partial charge on any atom is -0.467 e. The summed E-state index contributed by atoms with van der Waals surface area (Å²) < 4.78 is 66.6. The number of aromatic amines is 2. The van der Waals surface area contributed by atoms with Crippen molar-refractivity contribution in [1.29, 1.82) is 0 Å². The normalized spacial score (nSPS) is 27.6. The number of rotatable bonds is 8. The number of imidazole rings is 1. The van der Waals surface area contributed by atoms with E-state index in [-0.39, 0.29) is 28.3 Å². The summed E-state index contributed by atoms with van der Waals surface area (Å²) in [6, 6.07) is 0. The molecule has 6 N–H and O–H groups in total. The lowest BCUT2D eigenvalue weighted by Gasteiger charge is -2.25. The van der Waals surface area contributed by atoms with Crippen LogP contribution in [-0.2, 0) is 23.1 Å². The molecule has 23 heteroatoms. The number of aliphatic hydroxyl groups is 2. The number of hydrogen-bond acceptors (Lipinski definition) is 15. The third kappa shape index (κ3) is 4.75. The molecule has 42 heavy (non-hydrogen) atoms. The fourth-order valence-electron chi connectivity index (χ4n) is 4.39. The number of halogens is 2. The largest absolute Gasteiger partial charge is 0.467 e. The highest BCUT2D eigenvalue weighted by Gasteiger charge is 2.50. The Morgan fingerprint density at radius 1 is 1.21 bits per heavy atom. The lowest BCUT2D eigenvalue weighted by Crippen LogP contribution is -2.32. The Bertz CT molecular complexity index is 1880. The molecule has 6 rings (SSSR count). The van der Waals surface area contributed by atoms with Crippen LogP contribution in [0, 0.1) is 0 Å². The summed E-state index contributed by atoms with van der Waals surface area (Å²) in [5, 5.41) is 27.2. The average Bonchev–Trinajstić information content (AvgIpc) is 3.69. The van der Waals surface area contributed by atoms with Gasteiger partial charge in [-0.2, -0.15) is 9.67 Å². The molecule has 7 atom stereocenters. The minimum atomic E-state index is -4.54. The molecule has 2 aliphatic rings. The van der Waals surface area contributed by atoms with E-state index in [1.165, 1.54) is 0 Å². The van der Waals surface area contributed by atoms with Gasteiger partial charge in [0.25, 0.3) is 17.0 Å². The summed E-state index contributed by atoms with van der Waals surface area (Å²) in [4.78, 5) is 40.3. The van der Waals surface area contributed by atoms with Gasteiger partial charge in [0.1, 0.15) is 18.3 Å². The first-order valence-electron chi connectivity index (χ1n) is 11.8. The molecule has 4 aromatic rings. The molecule has 0 bridgehead atoms. The summed E-state index contributed by atoms with van der Waals surface area (Å²) in [6.07, 6.45) is -8.13. The van der Waals surface area contributed by atoms with Gasteiger partial charge < -0.3 is 30.4 Å². The van der Waals surface area contributed by atoms with Crippen molar-refractivity contribution in [1.82, 2.24) is 44.5 Å². The maximum atomic E-state index is 15.3. The van der Waals surface area contributed by atoms with Crippen LogP contribution in [0.4, 0.5) is 14.7 Å². The summed E-state index contributed by atoms with van der Waals surface area (Å²) in [5.74, 6) is -2.15. The predicted octanol–water partition coefficient (Wildman–Crippen LogP) is -1.25. The molecule has 0 aliphatic carbocycles. The number of fused-ring (bicyclic) bond motifs is 2. The fraction of sp³-hybridized carbons (Fsp3) is 0.421. The van der Waals surface area contributed by atoms with E-state index in [1.54, 1.807) is 0 Å². The van der Waals surface area contributed by atoms with Gasteiger partial charge in [0, 0.05) is 0 Å².